The van der Waals surface area contributed by atoms with E-state index in [1.807, 2.05) is 30.1 Å². The summed E-state index contributed by atoms with van der Waals surface area (Å²) in [4.78, 5) is 17.6. The molecule has 0 bridgehead atoms. The van der Waals surface area contributed by atoms with Crippen molar-refractivity contribution in [1.29, 1.82) is 0 Å². The summed E-state index contributed by atoms with van der Waals surface area (Å²) >= 11 is 3.61. The first-order valence-electron chi connectivity index (χ1n) is 11.4. The number of hydrogen-bond acceptors (Lipinski definition) is 4. The molecule has 0 aromatic heterocycles. The minimum Gasteiger partial charge on any atom is -0.376 e. The topological polar surface area (TPSA) is 47.6 Å². The van der Waals surface area contributed by atoms with Gasteiger partial charge in [-0.05, 0) is 61.1 Å². The number of amides is 1. The molecular formula is C25H33BrN4O. The summed E-state index contributed by atoms with van der Waals surface area (Å²) in [6.45, 7) is 5.77. The lowest BCUT2D eigenvalue weighted by Crippen LogP contribution is -2.39. The maximum Gasteiger partial charge on any atom is 0.242 e. The van der Waals surface area contributed by atoms with E-state index in [1.165, 1.54) is 30.5 Å². The Labute approximate surface area is 194 Å². The van der Waals surface area contributed by atoms with Crippen LogP contribution in [0, 0.1) is 5.92 Å². The lowest BCUT2D eigenvalue weighted by atomic mass is 9.97. The maximum atomic E-state index is 13.1. The van der Waals surface area contributed by atoms with Gasteiger partial charge in [-0.25, -0.2) is 0 Å². The molecule has 2 aromatic carbocycles. The van der Waals surface area contributed by atoms with Gasteiger partial charge in [0.25, 0.3) is 0 Å². The first-order valence-corrected chi connectivity index (χ1v) is 12.2. The average Bonchev–Trinajstić information content (AvgIpc) is 3.60. The van der Waals surface area contributed by atoms with Crippen LogP contribution in [0.4, 0.5) is 5.69 Å². The lowest BCUT2D eigenvalue weighted by molar-refractivity contribution is -0.129. The van der Waals surface area contributed by atoms with Crippen LogP contribution < -0.4 is 10.6 Å². The molecule has 1 aliphatic carbocycles. The Bertz CT molecular complexity index is 899. The van der Waals surface area contributed by atoms with Gasteiger partial charge in [-0.1, -0.05) is 46.3 Å². The second-order valence-corrected chi connectivity index (χ2v) is 9.59. The molecular weight excluding hydrogens is 452 g/mol. The number of fused-ring (bicyclic) bond motifs is 1. The first kappa shape index (κ1) is 22.3. The van der Waals surface area contributed by atoms with Gasteiger partial charge in [0.2, 0.25) is 5.91 Å². The monoisotopic (exact) mass is 484 g/mol. The van der Waals surface area contributed by atoms with Crippen molar-refractivity contribution < 1.29 is 4.79 Å². The number of anilines is 1. The number of carbonyl (C=O) groups is 1. The van der Waals surface area contributed by atoms with Gasteiger partial charge in [-0.3, -0.25) is 9.69 Å². The Morgan fingerprint density at radius 1 is 1.19 bits per heavy atom. The minimum atomic E-state index is 0.120. The van der Waals surface area contributed by atoms with Crippen molar-refractivity contribution in [3.8, 4) is 0 Å². The smallest absolute Gasteiger partial charge is 0.242 e. The Morgan fingerprint density at radius 3 is 2.81 bits per heavy atom. The maximum absolute atomic E-state index is 13.1. The highest BCUT2D eigenvalue weighted by Crippen LogP contribution is 2.32. The second-order valence-electron chi connectivity index (χ2n) is 8.74. The summed E-state index contributed by atoms with van der Waals surface area (Å²) in [5, 5.41) is 6.62. The molecule has 2 aliphatic rings. The molecule has 0 radical (unpaired) electrons. The predicted molar refractivity (Wildman–Crippen MR) is 130 cm³/mol. The molecule has 1 saturated carbocycles. The molecule has 0 spiro atoms. The molecule has 1 amide bonds. The zero-order chi connectivity index (χ0) is 21.6. The highest BCUT2D eigenvalue weighted by molar-refractivity contribution is 9.10. The molecule has 5 nitrogen and oxygen atoms in total. The number of hydrogen-bond donors (Lipinski definition) is 2. The SMILES string of the molecule is CNCCN(Cc1ccccc1Br)C(=O)CNc1cccc2c1CCN(CC1CC1)C2. The largest absolute Gasteiger partial charge is 0.376 e. The fourth-order valence-corrected chi connectivity index (χ4v) is 4.72. The molecule has 6 heteroatoms. The molecule has 1 fully saturated rings. The van der Waals surface area contributed by atoms with E-state index < -0.39 is 0 Å². The molecule has 0 unspecified atom stereocenters. The van der Waals surface area contributed by atoms with E-state index in [2.05, 4.69) is 55.7 Å². The van der Waals surface area contributed by atoms with Gasteiger partial charge in [0.05, 0.1) is 6.54 Å². The quantitative estimate of drug-likeness (QED) is 0.537. The van der Waals surface area contributed by atoms with Crippen LogP contribution in [0.2, 0.25) is 0 Å². The number of likely N-dealkylation sites (N-methyl/N-ethyl adjacent to an activating group) is 1. The third kappa shape index (κ3) is 6.09. The van der Waals surface area contributed by atoms with Crippen molar-refractivity contribution in [2.75, 3.05) is 45.1 Å². The van der Waals surface area contributed by atoms with E-state index in [0.29, 0.717) is 19.6 Å². The van der Waals surface area contributed by atoms with Crippen LogP contribution in [0.25, 0.3) is 0 Å². The fraction of sp³-hybridized carbons (Fsp3) is 0.480. The van der Waals surface area contributed by atoms with Crippen LogP contribution >= 0.6 is 15.9 Å². The zero-order valence-electron chi connectivity index (χ0n) is 18.4. The van der Waals surface area contributed by atoms with Crippen LogP contribution in [0.1, 0.15) is 29.5 Å². The summed E-state index contributed by atoms with van der Waals surface area (Å²) in [6.07, 6.45) is 3.85. The predicted octanol–water partition coefficient (Wildman–Crippen LogP) is 3.88. The molecule has 1 heterocycles. The van der Waals surface area contributed by atoms with Crippen LogP contribution in [0.15, 0.2) is 46.9 Å². The van der Waals surface area contributed by atoms with E-state index in [4.69, 9.17) is 0 Å². The molecule has 2 N–H and O–H groups in total. The normalized spacial score (nSPS) is 16.1. The summed E-state index contributed by atoms with van der Waals surface area (Å²) < 4.78 is 1.04. The molecule has 31 heavy (non-hydrogen) atoms. The van der Waals surface area contributed by atoms with Crippen molar-refractivity contribution in [3.63, 3.8) is 0 Å². The van der Waals surface area contributed by atoms with Gasteiger partial charge < -0.3 is 15.5 Å². The standard InChI is InChI=1S/C25H33BrN4O/c1-27-12-14-30(18-21-5-2-3-7-23(21)26)25(31)15-28-24-8-4-6-20-17-29(13-11-22(20)24)16-19-9-10-19/h2-8,19,27-28H,9-18H2,1H3. The highest BCUT2D eigenvalue weighted by Gasteiger charge is 2.27. The van der Waals surface area contributed by atoms with Crippen molar-refractivity contribution in [2.45, 2.75) is 32.4 Å². The lowest BCUT2D eigenvalue weighted by Gasteiger charge is -2.30. The van der Waals surface area contributed by atoms with E-state index in [1.54, 1.807) is 0 Å². The number of carbonyl (C=O) groups excluding carboxylic acids is 1. The van der Waals surface area contributed by atoms with Crippen LogP contribution in [-0.4, -0.2) is 55.5 Å². The van der Waals surface area contributed by atoms with Crippen molar-refractivity contribution in [1.82, 2.24) is 15.1 Å². The number of nitrogens with zero attached hydrogens (tertiary/aromatic N) is 2. The van der Waals surface area contributed by atoms with E-state index >= 15 is 0 Å². The number of halogens is 1. The van der Waals surface area contributed by atoms with Gasteiger partial charge >= 0.3 is 0 Å². The third-order valence-electron chi connectivity index (χ3n) is 6.29. The summed E-state index contributed by atoms with van der Waals surface area (Å²) in [6, 6.07) is 14.6. The van der Waals surface area contributed by atoms with Crippen molar-refractivity contribution in [3.05, 3.63) is 63.6 Å². The average molecular weight is 485 g/mol. The van der Waals surface area contributed by atoms with Gasteiger partial charge in [-0.15, -0.1) is 0 Å². The molecule has 2 aromatic rings. The van der Waals surface area contributed by atoms with Crippen molar-refractivity contribution >= 4 is 27.5 Å². The van der Waals surface area contributed by atoms with Gasteiger partial charge in [0.1, 0.15) is 0 Å². The number of rotatable bonds is 10. The van der Waals surface area contributed by atoms with Gasteiger partial charge in [-0.2, -0.15) is 0 Å². The second kappa shape index (κ2) is 10.6. The summed E-state index contributed by atoms with van der Waals surface area (Å²) in [5.41, 5.74) is 5.03. The van der Waals surface area contributed by atoms with Crippen LogP contribution in [0.3, 0.4) is 0 Å². The van der Waals surface area contributed by atoms with E-state index in [0.717, 1.165) is 47.7 Å². The van der Waals surface area contributed by atoms with E-state index in [-0.39, 0.29) is 5.91 Å². The zero-order valence-corrected chi connectivity index (χ0v) is 20.0. The Morgan fingerprint density at radius 2 is 2.03 bits per heavy atom. The van der Waals surface area contributed by atoms with Gasteiger partial charge in [0.15, 0.2) is 0 Å². The summed E-state index contributed by atoms with van der Waals surface area (Å²) in [5.74, 6) is 1.04. The van der Waals surface area contributed by atoms with Crippen molar-refractivity contribution in [2.24, 2.45) is 5.92 Å². The number of nitrogens with one attached hydrogen (secondary N) is 2. The van der Waals surface area contributed by atoms with Gasteiger partial charge in [0, 0.05) is 49.4 Å². The van der Waals surface area contributed by atoms with Crippen LogP contribution in [0.5, 0.6) is 0 Å². The highest BCUT2D eigenvalue weighted by atomic mass is 79.9. The van der Waals surface area contributed by atoms with Crippen LogP contribution in [-0.2, 0) is 24.3 Å². The first-order chi connectivity index (χ1) is 15.1. The third-order valence-corrected chi connectivity index (χ3v) is 7.07. The van der Waals surface area contributed by atoms with E-state index in [9.17, 15) is 4.79 Å². The number of benzene rings is 2. The Kier molecular flexibility index (Phi) is 7.64. The molecule has 166 valence electrons. The molecule has 4 rings (SSSR count). The molecule has 0 atom stereocenters. The minimum absolute atomic E-state index is 0.120. The molecule has 0 saturated heterocycles. The summed E-state index contributed by atoms with van der Waals surface area (Å²) in [7, 11) is 1.92. The fourth-order valence-electron chi connectivity index (χ4n) is 4.31. The molecule has 1 aliphatic heterocycles. The Balaban J connectivity index is 1.39. The Hall–Kier alpha value is -1.89.